The second kappa shape index (κ2) is 5.14. The topological polar surface area (TPSA) is 92.3 Å². The van der Waals surface area contributed by atoms with Crippen LogP contribution in [0.2, 0.25) is 0 Å². The fourth-order valence-electron chi connectivity index (χ4n) is 1.28. The smallest absolute Gasteiger partial charge is 0.306 e. The molecule has 0 aliphatic heterocycles. The molecule has 2 N–H and O–H groups in total. The monoisotopic (exact) mass is 212 g/mol. The van der Waals surface area contributed by atoms with Crippen molar-refractivity contribution in [2.75, 3.05) is 7.11 Å². The number of hydrogen-bond acceptors (Lipinski definition) is 4. The zero-order valence-electron chi connectivity index (χ0n) is 8.27. The van der Waals surface area contributed by atoms with Crippen molar-refractivity contribution in [2.45, 2.75) is 18.8 Å². The van der Waals surface area contributed by atoms with Crippen LogP contribution in [0.4, 0.5) is 0 Å². The highest BCUT2D eigenvalue weighted by molar-refractivity contribution is 5.73. The lowest BCUT2D eigenvalue weighted by molar-refractivity contribution is -0.141. The third-order valence-electron chi connectivity index (χ3n) is 2.02. The van der Waals surface area contributed by atoms with Gasteiger partial charge in [-0.3, -0.25) is 14.7 Å². The van der Waals surface area contributed by atoms with Crippen molar-refractivity contribution < 1.29 is 19.4 Å². The number of nitrogens with zero attached hydrogens (tertiary/aromatic N) is 1. The van der Waals surface area contributed by atoms with E-state index in [0.29, 0.717) is 5.69 Å². The van der Waals surface area contributed by atoms with Gasteiger partial charge in [0.2, 0.25) is 0 Å². The lowest BCUT2D eigenvalue weighted by Crippen LogP contribution is -2.13. The molecule has 1 heterocycles. The van der Waals surface area contributed by atoms with Gasteiger partial charge < -0.3 is 9.84 Å². The molecule has 0 bridgehead atoms. The van der Waals surface area contributed by atoms with Crippen molar-refractivity contribution in [3.05, 3.63) is 18.0 Å². The number of aromatic amines is 1. The van der Waals surface area contributed by atoms with Crippen molar-refractivity contribution in [1.82, 2.24) is 10.2 Å². The lowest BCUT2D eigenvalue weighted by Gasteiger charge is -2.10. The minimum atomic E-state index is -0.960. The number of ether oxygens (including phenoxy) is 1. The summed E-state index contributed by atoms with van der Waals surface area (Å²) in [5.41, 5.74) is 0.628. The van der Waals surface area contributed by atoms with Gasteiger partial charge in [0.1, 0.15) is 0 Å². The van der Waals surface area contributed by atoms with Crippen LogP contribution in [0.5, 0.6) is 0 Å². The minimum Gasteiger partial charge on any atom is -0.481 e. The quantitative estimate of drug-likeness (QED) is 0.694. The molecule has 6 heteroatoms. The molecule has 82 valence electrons. The van der Waals surface area contributed by atoms with Crippen LogP contribution in [0.25, 0.3) is 0 Å². The van der Waals surface area contributed by atoms with Gasteiger partial charge in [0.15, 0.2) is 0 Å². The predicted molar refractivity (Wildman–Crippen MR) is 50.2 cm³/mol. The Hall–Kier alpha value is -1.85. The molecule has 0 radical (unpaired) electrons. The molecule has 1 unspecified atom stereocenters. The number of carbonyl (C=O) groups is 2. The SMILES string of the molecule is COC(=O)CC(CC(=O)O)c1ccn[nH]1. The summed E-state index contributed by atoms with van der Waals surface area (Å²) in [7, 11) is 1.27. The summed E-state index contributed by atoms with van der Waals surface area (Å²) in [6, 6.07) is 1.65. The Bertz CT molecular complexity index is 334. The summed E-state index contributed by atoms with van der Waals surface area (Å²) in [6.07, 6.45) is 1.42. The molecule has 6 nitrogen and oxygen atoms in total. The zero-order valence-corrected chi connectivity index (χ0v) is 8.27. The number of hydrogen-bond donors (Lipinski definition) is 2. The van der Waals surface area contributed by atoms with Gasteiger partial charge in [0, 0.05) is 17.8 Å². The lowest BCUT2D eigenvalue weighted by atomic mass is 9.98. The summed E-state index contributed by atoms with van der Waals surface area (Å²) in [5.74, 6) is -1.81. The van der Waals surface area contributed by atoms with Crippen LogP contribution in [0, 0.1) is 0 Å². The van der Waals surface area contributed by atoms with Gasteiger partial charge in [-0.15, -0.1) is 0 Å². The van der Waals surface area contributed by atoms with Crippen LogP contribution < -0.4 is 0 Å². The average Bonchev–Trinajstić information content (AvgIpc) is 2.68. The van der Waals surface area contributed by atoms with Gasteiger partial charge in [-0.05, 0) is 6.07 Å². The molecule has 1 atom stereocenters. The van der Waals surface area contributed by atoms with Gasteiger partial charge in [-0.2, -0.15) is 5.10 Å². The molecule has 15 heavy (non-hydrogen) atoms. The van der Waals surface area contributed by atoms with Crippen LogP contribution in [-0.2, 0) is 14.3 Å². The fraction of sp³-hybridized carbons (Fsp3) is 0.444. The third-order valence-corrected chi connectivity index (χ3v) is 2.02. The maximum Gasteiger partial charge on any atom is 0.306 e. The largest absolute Gasteiger partial charge is 0.481 e. The first-order valence-corrected chi connectivity index (χ1v) is 4.41. The number of aromatic nitrogens is 2. The number of rotatable bonds is 5. The normalized spacial score (nSPS) is 12.1. The standard InChI is InChI=1S/C9H12N2O4/c1-15-9(14)5-6(4-8(12)13)7-2-3-10-11-7/h2-3,6H,4-5H2,1H3,(H,10,11)(H,12,13). The van der Waals surface area contributed by atoms with Gasteiger partial charge in [0.05, 0.1) is 20.0 Å². The first-order valence-electron chi connectivity index (χ1n) is 4.41. The first kappa shape index (κ1) is 11.2. The Balaban J connectivity index is 2.70. The van der Waals surface area contributed by atoms with Crippen LogP contribution in [0.1, 0.15) is 24.5 Å². The number of methoxy groups -OCH3 is 1. The molecular formula is C9H12N2O4. The molecule has 0 fully saturated rings. The number of carbonyl (C=O) groups excluding carboxylic acids is 1. The minimum absolute atomic E-state index is 0.0327. The highest BCUT2D eigenvalue weighted by Crippen LogP contribution is 2.21. The Kier molecular flexibility index (Phi) is 3.84. The summed E-state index contributed by atoms with van der Waals surface area (Å²) in [4.78, 5) is 21.6. The van der Waals surface area contributed by atoms with Crippen molar-refractivity contribution in [2.24, 2.45) is 0 Å². The fourth-order valence-corrected chi connectivity index (χ4v) is 1.28. The van der Waals surface area contributed by atoms with E-state index in [1.54, 1.807) is 6.07 Å². The zero-order chi connectivity index (χ0) is 11.3. The molecule has 1 aromatic rings. The second-order valence-corrected chi connectivity index (χ2v) is 3.09. The van der Waals surface area contributed by atoms with E-state index in [9.17, 15) is 9.59 Å². The van der Waals surface area contributed by atoms with Crippen LogP contribution in [-0.4, -0.2) is 34.4 Å². The molecular weight excluding hydrogens is 200 g/mol. The number of carboxylic acid groups (broad SMARTS) is 1. The van der Waals surface area contributed by atoms with Crippen LogP contribution >= 0.6 is 0 Å². The summed E-state index contributed by atoms with van der Waals surface area (Å²) >= 11 is 0. The van der Waals surface area contributed by atoms with E-state index >= 15 is 0 Å². The van der Waals surface area contributed by atoms with Crippen molar-refractivity contribution in [3.63, 3.8) is 0 Å². The maximum absolute atomic E-state index is 11.0. The van der Waals surface area contributed by atoms with Gasteiger partial charge in [0.25, 0.3) is 0 Å². The van der Waals surface area contributed by atoms with Gasteiger partial charge in [-0.1, -0.05) is 0 Å². The molecule has 0 amide bonds. The number of H-pyrrole nitrogens is 1. The Morgan fingerprint density at radius 2 is 2.33 bits per heavy atom. The molecule has 0 spiro atoms. The number of aliphatic carboxylic acids is 1. The highest BCUT2D eigenvalue weighted by Gasteiger charge is 2.20. The van der Waals surface area contributed by atoms with Gasteiger partial charge >= 0.3 is 11.9 Å². The summed E-state index contributed by atoms with van der Waals surface area (Å²) < 4.78 is 4.49. The molecule has 0 saturated carbocycles. The molecule has 0 saturated heterocycles. The van der Waals surface area contributed by atoms with Crippen molar-refractivity contribution in [1.29, 1.82) is 0 Å². The Morgan fingerprint density at radius 1 is 1.60 bits per heavy atom. The predicted octanol–water partition coefficient (Wildman–Crippen LogP) is 0.531. The van der Waals surface area contributed by atoms with E-state index in [2.05, 4.69) is 14.9 Å². The van der Waals surface area contributed by atoms with E-state index < -0.39 is 17.9 Å². The van der Waals surface area contributed by atoms with Crippen LogP contribution in [0.15, 0.2) is 12.3 Å². The molecule has 0 aliphatic rings. The summed E-state index contributed by atoms with van der Waals surface area (Å²) in [6.45, 7) is 0. The van der Waals surface area contributed by atoms with Crippen molar-refractivity contribution >= 4 is 11.9 Å². The Labute approximate surface area is 86.2 Å². The first-order chi connectivity index (χ1) is 7.13. The maximum atomic E-state index is 11.0. The molecule has 0 aromatic carbocycles. The second-order valence-electron chi connectivity index (χ2n) is 3.09. The van der Waals surface area contributed by atoms with E-state index in [0.717, 1.165) is 0 Å². The molecule has 0 aliphatic carbocycles. The van der Waals surface area contributed by atoms with Crippen molar-refractivity contribution in [3.8, 4) is 0 Å². The highest BCUT2D eigenvalue weighted by atomic mass is 16.5. The van der Waals surface area contributed by atoms with Gasteiger partial charge in [-0.25, -0.2) is 0 Å². The van der Waals surface area contributed by atoms with E-state index in [4.69, 9.17) is 5.11 Å². The number of esters is 1. The molecule has 1 rings (SSSR count). The third kappa shape index (κ3) is 3.41. The molecule has 1 aromatic heterocycles. The Morgan fingerprint density at radius 3 is 2.80 bits per heavy atom. The van der Waals surface area contributed by atoms with E-state index in [1.165, 1.54) is 13.3 Å². The average molecular weight is 212 g/mol. The number of nitrogens with one attached hydrogen (secondary N) is 1. The van der Waals surface area contributed by atoms with E-state index in [1.807, 2.05) is 0 Å². The van der Waals surface area contributed by atoms with E-state index in [-0.39, 0.29) is 12.8 Å². The number of carboxylic acids is 1. The summed E-state index contributed by atoms with van der Waals surface area (Å²) in [5, 5.41) is 15.0. The van der Waals surface area contributed by atoms with Crippen LogP contribution in [0.3, 0.4) is 0 Å².